The number of aromatic nitrogens is 1. The van der Waals surface area contributed by atoms with Gasteiger partial charge in [-0.25, -0.2) is 4.79 Å². The second-order valence-corrected chi connectivity index (χ2v) is 2.86. The number of aromatic hydroxyl groups is 1. The maximum absolute atomic E-state index is 11.2. The number of nitrogens with one attached hydrogen (secondary N) is 1. The lowest BCUT2D eigenvalue weighted by Crippen LogP contribution is -2.17. The quantitative estimate of drug-likeness (QED) is 0.554. The van der Waals surface area contributed by atoms with E-state index in [1.165, 1.54) is 0 Å². The highest BCUT2D eigenvalue weighted by Gasteiger charge is 2.28. The first-order valence-electron chi connectivity index (χ1n) is 3.73. The van der Waals surface area contributed by atoms with Gasteiger partial charge in [-0.05, 0) is 6.92 Å². The average Bonchev–Trinajstić information content (AvgIpc) is 2.44. The molecule has 0 saturated carbocycles. The Bertz CT molecular complexity index is 446. The zero-order valence-electron chi connectivity index (χ0n) is 6.88. The second-order valence-electron chi connectivity index (χ2n) is 2.86. The van der Waals surface area contributed by atoms with Crippen molar-refractivity contribution in [3.05, 3.63) is 27.2 Å². The molecule has 5 heteroatoms. The molecule has 0 saturated heterocycles. The Labute approximate surface area is 73.0 Å². The Morgan fingerprint density at radius 1 is 1.46 bits per heavy atom. The normalized spacial score (nSPS) is 14.1. The van der Waals surface area contributed by atoms with Gasteiger partial charge in [-0.3, -0.25) is 4.79 Å². The van der Waals surface area contributed by atoms with Crippen LogP contribution in [0.15, 0.2) is 4.79 Å². The third-order valence-corrected chi connectivity index (χ3v) is 2.02. The minimum atomic E-state index is -0.674. The van der Waals surface area contributed by atoms with Crippen molar-refractivity contribution in [2.24, 2.45) is 0 Å². The zero-order chi connectivity index (χ0) is 9.59. The summed E-state index contributed by atoms with van der Waals surface area (Å²) in [5.41, 5.74) is 0.0456. The van der Waals surface area contributed by atoms with Crippen LogP contribution in [-0.4, -0.2) is 16.1 Å². The summed E-state index contributed by atoms with van der Waals surface area (Å²) in [5.74, 6) is -0.744. The second kappa shape index (κ2) is 2.35. The largest absolute Gasteiger partial charge is 0.506 e. The fourth-order valence-electron chi connectivity index (χ4n) is 1.34. The Balaban J connectivity index is 2.84. The SMILES string of the molecule is Cc1[nH]c(=O)c2c(c1O)COC2=O. The number of carbonyl (C=O) groups is 1. The van der Waals surface area contributed by atoms with Crippen LogP contribution in [0.1, 0.15) is 21.6 Å². The Morgan fingerprint density at radius 3 is 2.85 bits per heavy atom. The number of ether oxygens (including phenoxy) is 1. The lowest BCUT2D eigenvalue weighted by atomic mass is 10.1. The van der Waals surface area contributed by atoms with Gasteiger partial charge >= 0.3 is 5.97 Å². The van der Waals surface area contributed by atoms with Crippen LogP contribution in [0.3, 0.4) is 0 Å². The highest BCUT2D eigenvalue weighted by Crippen LogP contribution is 2.26. The molecule has 0 bridgehead atoms. The predicted octanol–water partition coefficient (Wildman–Crippen LogP) is 0.0593. The number of cyclic esters (lactones) is 1. The lowest BCUT2D eigenvalue weighted by Gasteiger charge is -2.00. The number of carbonyl (C=O) groups excluding carboxylic acids is 1. The summed E-state index contributed by atoms with van der Waals surface area (Å²) >= 11 is 0. The van der Waals surface area contributed by atoms with Crippen molar-refractivity contribution >= 4 is 5.97 Å². The third kappa shape index (κ3) is 0.932. The first-order valence-corrected chi connectivity index (χ1v) is 3.73. The number of aryl methyl sites for hydroxylation is 1. The van der Waals surface area contributed by atoms with E-state index in [1.807, 2.05) is 0 Å². The molecule has 0 unspecified atom stereocenters. The molecule has 0 spiro atoms. The summed E-state index contributed by atoms with van der Waals surface area (Å²) in [7, 11) is 0. The molecule has 1 aliphatic rings. The number of esters is 1. The maximum atomic E-state index is 11.2. The summed E-state index contributed by atoms with van der Waals surface area (Å²) in [6.07, 6.45) is 0. The van der Waals surface area contributed by atoms with Gasteiger partial charge in [0.05, 0.1) is 11.3 Å². The standard InChI is InChI=1S/C8H7NO4/c1-3-6(10)4-2-13-8(12)5(4)7(11)9-3/h10H,2H2,1H3,(H,9,11). The van der Waals surface area contributed by atoms with Crippen LogP contribution in [-0.2, 0) is 11.3 Å². The Morgan fingerprint density at radius 2 is 2.15 bits per heavy atom. The van der Waals surface area contributed by atoms with Crippen molar-refractivity contribution in [3.8, 4) is 5.75 Å². The fraction of sp³-hybridized carbons (Fsp3) is 0.250. The van der Waals surface area contributed by atoms with E-state index in [1.54, 1.807) is 6.92 Å². The summed E-state index contributed by atoms with van der Waals surface area (Å²) in [4.78, 5) is 24.6. The molecule has 68 valence electrons. The molecule has 1 aliphatic heterocycles. The molecular formula is C8H7NO4. The summed E-state index contributed by atoms with van der Waals surface area (Å²) < 4.78 is 4.62. The van der Waals surface area contributed by atoms with E-state index in [0.717, 1.165) is 0 Å². The van der Waals surface area contributed by atoms with Gasteiger partial charge < -0.3 is 14.8 Å². The van der Waals surface area contributed by atoms with Crippen LogP contribution < -0.4 is 5.56 Å². The average molecular weight is 181 g/mol. The zero-order valence-corrected chi connectivity index (χ0v) is 6.88. The molecular weight excluding hydrogens is 174 g/mol. The molecule has 1 aromatic heterocycles. The van der Waals surface area contributed by atoms with Crippen molar-refractivity contribution in [3.63, 3.8) is 0 Å². The van der Waals surface area contributed by atoms with Crippen molar-refractivity contribution in [2.45, 2.75) is 13.5 Å². The monoisotopic (exact) mass is 181 g/mol. The van der Waals surface area contributed by atoms with Gasteiger partial charge in [0.1, 0.15) is 17.9 Å². The van der Waals surface area contributed by atoms with E-state index in [2.05, 4.69) is 9.72 Å². The van der Waals surface area contributed by atoms with E-state index >= 15 is 0 Å². The van der Waals surface area contributed by atoms with Crippen LogP contribution in [0.5, 0.6) is 5.75 Å². The summed E-state index contributed by atoms with van der Waals surface area (Å²) in [6.45, 7) is 1.53. The predicted molar refractivity (Wildman–Crippen MR) is 42.6 cm³/mol. The molecule has 5 nitrogen and oxygen atoms in total. The molecule has 0 aromatic carbocycles. The summed E-state index contributed by atoms with van der Waals surface area (Å²) in [5, 5.41) is 9.46. The van der Waals surface area contributed by atoms with Gasteiger partial charge in [-0.1, -0.05) is 0 Å². The van der Waals surface area contributed by atoms with Crippen LogP contribution in [0.25, 0.3) is 0 Å². The highest BCUT2D eigenvalue weighted by molar-refractivity contribution is 5.93. The van der Waals surface area contributed by atoms with E-state index in [9.17, 15) is 14.7 Å². The van der Waals surface area contributed by atoms with Crippen molar-refractivity contribution in [2.75, 3.05) is 0 Å². The molecule has 1 aromatic rings. The molecule has 2 rings (SSSR count). The fourth-order valence-corrected chi connectivity index (χ4v) is 1.34. The van der Waals surface area contributed by atoms with Gasteiger partial charge in [0, 0.05) is 0 Å². The topological polar surface area (TPSA) is 79.4 Å². The first kappa shape index (κ1) is 7.85. The van der Waals surface area contributed by atoms with E-state index in [4.69, 9.17) is 0 Å². The van der Waals surface area contributed by atoms with Crippen molar-refractivity contribution in [1.82, 2.24) is 4.98 Å². The van der Waals surface area contributed by atoms with Gasteiger partial charge in [0.2, 0.25) is 0 Å². The maximum Gasteiger partial charge on any atom is 0.344 e. The molecule has 13 heavy (non-hydrogen) atoms. The van der Waals surface area contributed by atoms with Gasteiger partial charge in [0.15, 0.2) is 0 Å². The number of hydrogen-bond donors (Lipinski definition) is 2. The van der Waals surface area contributed by atoms with Crippen molar-refractivity contribution in [1.29, 1.82) is 0 Å². The highest BCUT2D eigenvalue weighted by atomic mass is 16.5. The number of aromatic amines is 1. The van der Waals surface area contributed by atoms with E-state index < -0.39 is 11.5 Å². The first-order chi connectivity index (χ1) is 6.11. The molecule has 0 amide bonds. The molecule has 0 aliphatic carbocycles. The Kier molecular flexibility index (Phi) is 1.42. The number of fused-ring (bicyclic) bond motifs is 1. The van der Waals surface area contributed by atoms with Crippen LogP contribution >= 0.6 is 0 Å². The minimum Gasteiger partial charge on any atom is -0.506 e. The number of rotatable bonds is 0. The van der Waals surface area contributed by atoms with Gasteiger partial charge in [-0.2, -0.15) is 0 Å². The lowest BCUT2D eigenvalue weighted by molar-refractivity contribution is 0.0533. The van der Waals surface area contributed by atoms with E-state index in [-0.39, 0.29) is 23.5 Å². The number of hydrogen-bond acceptors (Lipinski definition) is 4. The van der Waals surface area contributed by atoms with Crippen LogP contribution in [0.4, 0.5) is 0 Å². The molecule has 2 heterocycles. The minimum absolute atomic E-state index is 0.0231. The molecule has 0 radical (unpaired) electrons. The summed E-state index contributed by atoms with van der Waals surface area (Å²) in [6, 6.07) is 0. The number of H-pyrrole nitrogens is 1. The van der Waals surface area contributed by atoms with Crippen molar-refractivity contribution < 1.29 is 14.6 Å². The number of pyridine rings is 1. The Hall–Kier alpha value is -1.78. The van der Waals surface area contributed by atoms with Crippen LogP contribution in [0.2, 0.25) is 0 Å². The molecule has 2 N–H and O–H groups in total. The smallest absolute Gasteiger partial charge is 0.344 e. The van der Waals surface area contributed by atoms with Crippen LogP contribution in [0, 0.1) is 6.92 Å². The molecule has 0 atom stereocenters. The van der Waals surface area contributed by atoms with E-state index in [0.29, 0.717) is 5.69 Å². The van der Waals surface area contributed by atoms with Gasteiger partial charge in [-0.15, -0.1) is 0 Å². The third-order valence-electron chi connectivity index (χ3n) is 2.02. The van der Waals surface area contributed by atoms with Gasteiger partial charge in [0.25, 0.3) is 5.56 Å². The molecule has 0 fully saturated rings.